The van der Waals surface area contributed by atoms with Crippen molar-refractivity contribution in [2.24, 2.45) is 5.92 Å². The first-order valence-electron chi connectivity index (χ1n) is 7.22. The second kappa shape index (κ2) is 5.75. The largest absolute Gasteiger partial charge is 0.394 e. The van der Waals surface area contributed by atoms with Crippen LogP contribution in [-0.4, -0.2) is 32.9 Å². The van der Waals surface area contributed by atoms with Crippen LogP contribution in [0.4, 0.5) is 5.82 Å². The molecule has 0 aromatic carbocycles. The van der Waals surface area contributed by atoms with Crippen molar-refractivity contribution in [3.63, 3.8) is 0 Å². The van der Waals surface area contributed by atoms with Crippen LogP contribution in [0.3, 0.4) is 0 Å². The fraction of sp³-hybridized carbons (Fsp3) is 0.643. The summed E-state index contributed by atoms with van der Waals surface area (Å²) in [4.78, 5) is 8.33. The van der Waals surface area contributed by atoms with E-state index in [4.69, 9.17) is 4.52 Å². The Hall–Kier alpha value is -1.69. The van der Waals surface area contributed by atoms with Crippen LogP contribution in [0.2, 0.25) is 0 Å². The minimum atomic E-state index is 0.0190. The summed E-state index contributed by atoms with van der Waals surface area (Å²) in [5.74, 6) is 1.41. The molecule has 1 fully saturated rings. The summed E-state index contributed by atoms with van der Waals surface area (Å²) >= 11 is 0. The summed E-state index contributed by atoms with van der Waals surface area (Å²) in [6, 6.07) is 0.0190. The summed E-state index contributed by atoms with van der Waals surface area (Å²) in [5, 5.41) is 17.6. The molecule has 0 saturated heterocycles. The van der Waals surface area contributed by atoms with Crippen molar-refractivity contribution < 1.29 is 9.63 Å². The molecule has 2 aromatic heterocycles. The summed E-state index contributed by atoms with van der Waals surface area (Å²) in [6.07, 6.45) is 7.59. The van der Waals surface area contributed by atoms with E-state index >= 15 is 0 Å². The van der Waals surface area contributed by atoms with Crippen molar-refractivity contribution in [1.82, 2.24) is 15.1 Å². The molecule has 2 N–H and O–H groups in total. The van der Waals surface area contributed by atoms with Gasteiger partial charge in [-0.1, -0.05) is 30.8 Å². The van der Waals surface area contributed by atoms with Crippen molar-refractivity contribution in [2.45, 2.75) is 45.1 Å². The monoisotopic (exact) mass is 276 g/mol. The number of rotatable bonds is 5. The lowest BCUT2D eigenvalue weighted by molar-refractivity contribution is 0.254. The lowest BCUT2D eigenvalue weighted by Crippen LogP contribution is -2.27. The first-order valence-corrected chi connectivity index (χ1v) is 7.22. The van der Waals surface area contributed by atoms with Gasteiger partial charge in [-0.15, -0.1) is 0 Å². The van der Waals surface area contributed by atoms with Crippen LogP contribution in [0.5, 0.6) is 0 Å². The molecule has 1 atom stereocenters. The van der Waals surface area contributed by atoms with Gasteiger partial charge < -0.3 is 14.9 Å². The van der Waals surface area contributed by atoms with Gasteiger partial charge in [0.05, 0.1) is 18.3 Å². The predicted octanol–water partition coefficient (Wildman–Crippen LogP) is 2.28. The molecule has 1 aliphatic rings. The van der Waals surface area contributed by atoms with Gasteiger partial charge in [0.2, 0.25) is 0 Å². The van der Waals surface area contributed by atoms with Gasteiger partial charge in [0.1, 0.15) is 17.5 Å². The minimum absolute atomic E-state index is 0.0190. The van der Waals surface area contributed by atoms with Gasteiger partial charge in [0.15, 0.2) is 0 Å². The molecule has 6 nitrogen and oxygen atoms in total. The molecule has 1 saturated carbocycles. The number of aliphatic hydroxyl groups excluding tert-OH is 1. The summed E-state index contributed by atoms with van der Waals surface area (Å²) in [6.45, 7) is 1.97. The SMILES string of the molecule is Cc1noc2ncnc(N[C@H](CO)CC3CCCC3)c12. The van der Waals surface area contributed by atoms with Gasteiger partial charge in [-0.2, -0.15) is 4.98 Å². The lowest BCUT2D eigenvalue weighted by atomic mass is 9.99. The van der Waals surface area contributed by atoms with E-state index < -0.39 is 0 Å². The molecule has 0 amide bonds. The van der Waals surface area contributed by atoms with E-state index in [9.17, 15) is 5.11 Å². The Morgan fingerprint density at radius 1 is 1.40 bits per heavy atom. The normalized spacial score (nSPS) is 17.7. The molecule has 0 bridgehead atoms. The van der Waals surface area contributed by atoms with Gasteiger partial charge in [-0.25, -0.2) is 4.98 Å². The highest BCUT2D eigenvalue weighted by atomic mass is 16.5. The van der Waals surface area contributed by atoms with Crippen LogP contribution in [0.15, 0.2) is 10.9 Å². The maximum Gasteiger partial charge on any atom is 0.263 e. The van der Waals surface area contributed by atoms with Gasteiger partial charge >= 0.3 is 0 Å². The van der Waals surface area contributed by atoms with Crippen molar-refractivity contribution >= 4 is 16.9 Å². The number of nitrogens with zero attached hydrogens (tertiary/aromatic N) is 3. The van der Waals surface area contributed by atoms with Crippen LogP contribution >= 0.6 is 0 Å². The quantitative estimate of drug-likeness (QED) is 0.871. The second-order valence-electron chi connectivity index (χ2n) is 5.58. The van der Waals surface area contributed by atoms with Crippen LogP contribution in [0, 0.1) is 12.8 Å². The van der Waals surface area contributed by atoms with Crippen molar-refractivity contribution in [2.75, 3.05) is 11.9 Å². The molecule has 0 aliphatic heterocycles. The van der Waals surface area contributed by atoms with Gasteiger partial charge in [-0.3, -0.25) is 0 Å². The van der Waals surface area contributed by atoms with Gasteiger partial charge in [0, 0.05) is 0 Å². The maximum absolute atomic E-state index is 9.59. The number of aliphatic hydroxyl groups is 1. The Bertz CT molecular complexity index is 578. The van der Waals surface area contributed by atoms with Gasteiger partial charge in [0.25, 0.3) is 5.71 Å². The highest BCUT2D eigenvalue weighted by Crippen LogP contribution is 2.30. The number of hydrogen-bond acceptors (Lipinski definition) is 6. The van der Waals surface area contributed by atoms with E-state index in [0.717, 1.165) is 17.5 Å². The molecular formula is C14H20N4O2. The van der Waals surface area contributed by atoms with Crippen LogP contribution in [-0.2, 0) is 0 Å². The number of hydrogen-bond donors (Lipinski definition) is 2. The van der Waals surface area contributed by atoms with E-state index in [1.807, 2.05) is 6.92 Å². The Labute approximate surface area is 117 Å². The summed E-state index contributed by atoms with van der Waals surface area (Å²) in [5.41, 5.74) is 1.25. The van der Waals surface area contributed by atoms with Gasteiger partial charge in [-0.05, 0) is 19.3 Å². The summed E-state index contributed by atoms with van der Waals surface area (Å²) < 4.78 is 5.13. The Morgan fingerprint density at radius 3 is 2.95 bits per heavy atom. The fourth-order valence-electron chi connectivity index (χ4n) is 3.05. The average Bonchev–Trinajstić information content (AvgIpc) is 3.09. The number of fused-ring (bicyclic) bond motifs is 1. The smallest absolute Gasteiger partial charge is 0.263 e. The average molecular weight is 276 g/mol. The Balaban J connectivity index is 1.78. The van der Waals surface area contributed by atoms with E-state index in [1.54, 1.807) is 0 Å². The van der Waals surface area contributed by atoms with E-state index in [1.165, 1.54) is 32.0 Å². The molecule has 2 heterocycles. The Morgan fingerprint density at radius 2 is 2.20 bits per heavy atom. The number of anilines is 1. The highest BCUT2D eigenvalue weighted by molar-refractivity contribution is 5.87. The first-order chi connectivity index (χ1) is 9.78. The zero-order valence-corrected chi connectivity index (χ0v) is 11.7. The number of nitrogens with one attached hydrogen (secondary N) is 1. The molecule has 3 rings (SSSR count). The third kappa shape index (κ3) is 2.60. The third-order valence-electron chi connectivity index (χ3n) is 4.10. The van der Waals surface area contributed by atoms with E-state index in [0.29, 0.717) is 17.4 Å². The molecule has 1 aliphatic carbocycles. The highest BCUT2D eigenvalue weighted by Gasteiger charge is 2.21. The molecule has 0 radical (unpaired) electrons. The Kier molecular flexibility index (Phi) is 3.82. The van der Waals surface area contributed by atoms with Crippen LogP contribution in [0.1, 0.15) is 37.8 Å². The van der Waals surface area contributed by atoms with Crippen LogP contribution in [0.25, 0.3) is 11.1 Å². The van der Waals surface area contributed by atoms with E-state index in [2.05, 4.69) is 20.4 Å². The lowest BCUT2D eigenvalue weighted by Gasteiger charge is -2.20. The molecular weight excluding hydrogens is 256 g/mol. The van der Waals surface area contributed by atoms with Crippen molar-refractivity contribution in [3.05, 3.63) is 12.0 Å². The third-order valence-corrected chi connectivity index (χ3v) is 4.10. The molecule has 2 aromatic rings. The molecule has 20 heavy (non-hydrogen) atoms. The minimum Gasteiger partial charge on any atom is -0.394 e. The molecule has 108 valence electrons. The maximum atomic E-state index is 9.59. The number of aryl methyl sites for hydroxylation is 1. The second-order valence-corrected chi connectivity index (χ2v) is 5.58. The standard InChI is InChI=1S/C14H20N4O2/c1-9-12-13(15-8-16-14(12)20-18-9)17-11(7-19)6-10-4-2-3-5-10/h8,10-11,19H,2-7H2,1H3,(H,15,16,17)/t11-/m0/s1. The van der Waals surface area contributed by atoms with Crippen molar-refractivity contribution in [1.29, 1.82) is 0 Å². The number of aromatic nitrogens is 3. The predicted molar refractivity (Wildman–Crippen MR) is 75.4 cm³/mol. The fourth-order valence-corrected chi connectivity index (χ4v) is 3.05. The summed E-state index contributed by atoms with van der Waals surface area (Å²) in [7, 11) is 0. The molecule has 0 unspecified atom stereocenters. The first kappa shape index (κ1) is 13.3. The zero-order chi connectivity index (χ0) is 13.9. The van der Waals surface area contributed by atoms with Crippen LogP contribution < -0.4 is 5.32 Å². The zero-order valence-electron chi connectivity index (χ0n) is 11.7. The molecule has 6 heteroatoms. The van der Waals surface area contributed by atoms with E-state index in [-0.39, 0.29) is 12.6 Å². The molecule has 0 spiro atoms. The topological polar surface area (TPSA) is 84.1 Å². The van der Waals surface area contributed by atoms with Crippen molar-refractivity contribution in [3.8, 4) is 0 Å².